The van der Waals surface area contributed by atoms with E-state index < -0.39 is 6.04 Å². The second-order valence-corrected chi connectivity index (χ2v) is 10.6. The number of rotatable bonds is 6. The zero-order valence-corrected chi connectivity index (χ0v) is 23.7. The number of thiazole rings is 1. The van der Waals surface area contributed by atoms with Gasteiger partial charge in [0, 0.05) is 15.7 Å². The third kappa shape index (κ3) is 5.13. The van der Waals surface area contributed by atoms with Crippen LogP contribution in [0.25, 0.3) is 6.08 Å². The summed E-state index contributed by atoms with van der Waals surface area (Å²) < 4.78 is 13.2. The summed E-state index contributed by atoms with van der Waals surface area (Å²) in [5.41, 5.74) is 2.23. The predicted molar refractivity (Wildman–Crippen MR) is 154 cm³/mol. The van der Waals surface area contributed by atoms with E-state index in [2.05, 4.69) is 26.2 Å². The first-order chi connectivity index (χ1) is 18.8. The molecule has 198 valence electrons. The number of halogens is 1. The van der Waals surface area contributed by atoms with Gasteiger partial charge in [0.05, 0.1) is 36.1 Å². The molecule has 0 unspecified atom stereocenters. The molecule has 1 aromatic heterocycles. The quantitative estimate of drug-likeness (QED) is 0.340. The number of amides is 1. The van der Waals surface area contributed by atoms with E-state index in [0.29, 0.717) is 47.6 Å². The van der Waals surface area contributed by atoms with Crippen LogP contribution in [-0.2, 0) is 4.79 Å². The highest BCUT2D eigenvalue weighted by molar-refractivity contribution is 9.10. The lowest BCUT2D eigenvalue weighted by Gasteiger charge is -2.25. The summed E-state index contributed by atoms with van der Waals surface area (Å²) in [4.78, 5) is 32.7. The van der Waals surface area contributed by atoms with Crippen molar-refractivity contribution in [2.24, 2.45) is 4.99 Å². The van der Waals surface area contributed by atoms with Crippen molar-refractivity contribution in [1.82, 2.24) is 4.57 Å². The van der Waals surface area contributed by atoms with E-state index in [1.165, 1.54) is 23.0 Å². The topological polar surface area (TPSA) is 102 Å². The van der Waals surface area contributed by atoms with Crippen molar-refractivity contribution in [1.29, 1.82) is 0 Å². The molecule has 0 saturated heterocycles. The lowest BCUT2D eigenvalue weighted by Crippen LogP contribution is -2.40. The number of aromatic hydroxyl groups is 1. The van der Waals surface area contributed by atoms with E-state index in [1.54, 1.807) is 56.5 Å². The van der Waals surface area contributed by atoms with Crippen LogP contribution in [0, 0.1) is 0 Å². The SMILES string of the molecule is COc1cccc([C@H]2C(C(=O)Nc3ccccc3)=C(C)N=c3s/c(=C\c4cc(Br)cc(OC)c4O)c(=O)n32)c1. The monoisotopic (exact) mass is 605 g/mol. The molecule has 4 aromatic rings. The molecule has 0 spiro atoms. The molecule has 0 saturated carbocycles. The zero-order valence-electron chi connectivity index (χ0n) is 21.3. The van der Waals surface area contributed by atoms with Crippen molar-refractivity contribution in [3.8, 4) is 17.2 Å². The Morgan fingerprint density at radius 1 is 1.10 bits per heavy atom. The molecule has 2 N–H and O–H groups in total. The summed E-state index contributed by atoms with van der Waals surface area (Å²) in [7, 11) is 3.02. The fourth-order valence-electron chi connectivity index (χ4n) is 4.46. The Bertz CT molecular complexity index is 1790. The maximum absolute atomic E-state index is 13.9. The van der Waals surface area contributed by atoms with Gasteiger partial charge in [-0.3, -0.25) is 14.2 Å². The van der Waals surface area contributed by atoms with Gasteiger partial charge in [-0.25, -0.2) is 4.99 Å². The number of ether oxygens (including phenoxy) is 2. The summed E-state index contributed by atoms with van der Waals surface area (Å²) >= 11 is 4.60. The van der Waals surface area contributed by atoms with Gasteiger partial charge in [0.2, 0.25) is 0 Å². The number of anilines is 1. The Kier molecular flexibility index (Phi) is 7.40. The molecule has 5 rings (SSSR count). The number of carbonyl (C=O) groups is 1. The molecule has 1 aliphatic rings. The summed E-state index contributed by atoms with van der Waals surface area (Å²) in [5.74, 6) is 0.417. The van der Waals surface area contributed by atoms with Gasteiger partial charge in [-0.2, -0.15) is 0 Å². The van der Waals surface area contributed by atoms with E-state index in [1.807, 2.05) is 30.3 Å². The fraction of sp³-hybridized carbons (Fsp3) is 0.138. The van der Waals surface area contributed by atoms with Crippen LogP contribution in [0.2, 0.25) is 0 Å². The van der Waals surface area contributed by atoms with Crippen molar-refractivity contribution in [2.75, 3.05) is 19.5 Å². The van der Waals surface area contributed by atoms with Crippen LogP contribution >= 0.6 is 27.3 Å². The number of fused-ring (bicyclic) bond motifs is 1. The number of allylic oxidation sites excluding steroid dienone is 1. The number of phenols is 1. The Morgan fingerprint density at radius 2 is 1.87 bits per heavy atom. The van der Waals surface area contributed by atoms with E-state index >= 15 is 0 Å². The van der Waals surface area contributed by atoms with Gasteiger partial charge in [0.25, 0.3) is 11.5 Å². The minimum absolute atomic E-state index is 0.0880. The van der Waals surface area contributed by atoms with Gasteiger partial charge in [-0.1, -0.05) is 57.6 Å². The number of methoxy groups -OCH3 is 2. The molecule has 0 aliphatic carbocycles. The minimum Gasteiger partial charge on any atom is -0.504 e. The average Bonchev–Trinajstić information content (AvgIpc) is 3.24. The molecular weight excluding hydrogens is 582 g/mol. The number of nitrogens with one attached hydrogen (secondary N) is 1. The zero-order chi connectivity index (χ0) is 27.7. The number of phenolic OH excluding ortho intramolecular Hbond substituents is 1. The highest BCUT2D eigenvalue weighted by Gasteiger charge is 2.32. The van der Waals surface area contributed by atoms with Crippen LogP contribution in [0.1, 0.15) is 24.1 Å². The molecule has 1 amide bonds. The lowest BCUT2D eigenvalue weighted by molar-refractivity contribution is -0.113. The van der Waals surface area contributed by atoms with Crippen molar-refractivity contribution in [3.05, 3.63) is 113 Å². The highest BCUT2D eigenvalue weighted by Crippen LogP contribution is 2.35. The van der Waals surface area contributed by atoms with Crippen molar-refractivity contribution >= 4 is 44.9 Å². The molecule has 1 aliphatic heterocycles. The molecule has 39 heavy (non-hydrogen) atoms. The number of benzene rings is 3. The number of hydrogen-bond acceptors (Lipinski definition) is 7. The highest BCUT2D eigenvalue weighted by atomic mass is 79.9. The lowest BCUT2D eigenvalue weighted by atomic mass is 9.95. The molecule has 0 bridgehead atoms. The maximum atomic E-state index is 13.9. The van der Waals surface area contributed by atoms with Gasteiger partial charge in [0.1, 0.15) is 5.75 Å². The summed E-state index contributed by atoms with van der Waals surface area (Å²) in [6.45, 7) is 1.76. The number of carbonyl (C=O) groups excluding carboxylic acids is 1. The van der Waals surface area contributed by atoms with Gasteiger partial charge in [-0.05, 0) is 55.0 Å². The molecule has 8 nitrogen and oxygen atoms in total. The number of para-hydroxylation sites is 1. The van der Waals surface area contributed by atoms with Crippen LogP contribution in [-0.4, -0.2) is 29.8 Å². The first-order valence-corrected chi connectivity index (χ1v) is 13.5. The van der Waals surface area contributed by atoms with E-state index in [-0.39, 0.29) is 23.0 Å². The predicted octanol–water partition coefficient (Wildman–Crippen LogP) is 4.36. The molecule has 2 heterocycles. The number of hydrogen-bond donors (Lipinski definition) is 2. The van der Waals surface area contributed by atoms with Gasteiger partial charge < -0.3 is 19.9 Å². The number of nitrogens with zero attached hydrogens (tertiary/aromatic N) is 2. The van der Waals surface area contributed by atoms with E-state index in [4.69, 9.17) is 9.47 Å². The van der Waals surface area contributed by atoms with Crippen LogP contribution < -0.4 is 29.7 Å². The van der Waals surface area contributed by atoms with Crippen LogP contribution in [0.15, 0.2) is 92.3 Å². The molecule has 1 atom stereocenters. The Morgan fingerprint density at radius 3 is 2.59 bits per heavy atom. The normalized spacial score (nSPS) is 15.0. The summed E-state index contributed by atoms with van der Waals surface area (Å²) in [5, 5.41) is 13.6. The van der Waals surface area contributed by atoms with Crippen molar-refractivity contribution in [3.63, 3.8) is 0 Å². The second kappa shape index (κ2) is 10.9. The fourth-order valence-corrected chi connectivity index (χ4v) is 5.95. The first-order valence-electron chi connectivity index (χ1n) is 11.9. The summed E-state index contributed by atoms with van der Waals surface area (Å²) in [6, 6.07) is 19.0. The Hall–Kier alpha value is -4.15. The van der Waals surface area contributed by atoms with Crippen molar-refractivity contribution < 1.29 is 19.4 Å². The average molecular weight is 606 g/mol. The van der Waals surface area contributed by atoms with Crippen LogP contribution in [0.4, 0.5) is 5.69 Å². The third-order valence-electron chi connectivity index (χ3n) is 6.28. The molecular formula is C29H24BrN3O5S. The van der Waals surface area contributed by atoms with E-state index in [9.17, 15) is 14.7 Å². The van der Waals surface area contributed by atoms with Crippen LogP contribution in [0.3, 0.4) is 0 Å². The number of aromatic nitrogens is 1. The first kappa shape index (κ1) is 26.5. The van der Waals surface area contributed by atoms with Gasteiger partial charge >= 0.3 is 0 Å². The second-order valence-electron chi connectivity index (χ2n) is 8.72. The maximum Gasteiger partial charge on any atom is 0.271 e. The Labute approximate surface area is 236 Å². The minimum atomic E-state index is -0.757. The molecule has 0 fully saturated rings. The summed E-state index contributed by atoms with van der Waals surface area (Å²) in [6.07, 6.45) is 1.60. The third-order valence-corrected chi connectivity index (χ3v) is 7.72. The standard InChI is InChI=1S/C29H24BrN3O5S/c1-16-24(27(35)32-20-9-5-4-6-10-20)25(17-8-7-11-21(13-17)37-2)33-28(36)23(39-29(33)31-16)14-18-12-19(30)15-22(38-3)26(18)34/h4-15,25,34H,1-3H3,(H,32,35)/b23-14-/t25-/m0/s1. The van der Waals surface area contributed by atoms with Crippen LogP contribution in [0.5, 0.6) is 17.2 Å². The molecule has 10 heteroatoms. The van der Waals surface area contributed by atoms with Crippen molar-refractivity contribution in [2.45, 2.75) is 13.0 Å². The largest absolute Gasteiger partial charge is 0.504 e. The Balaban J connectivity index is 1.71. The van der Waals surface area contributed by atoms with Gasteiger partial charge in [0.15, 0.2) is 16.3 Å². The molecule has 3 aromatic carbocycles. The molecule has 0 radical (unpaired) electrons. The van der Waals surface area contributed by atoms with Gasteiger partial charge in [-0.15, -0.1) is 0 Å². The van der Waals surface area contributed by atoms with E-state index in [0.717, 1.165) is 0 Å². The smallest absolute Gasteiger partial charge is 0.271 e.